The van der Waals surface area contributed by atoms with E-state index in [1.807, 2.05) is 30.3 Å². The van der Waals surface area contributed by atoms with Crippen LogP contribution in [0.15, 0.2) is 30.3 Å². The van der Waals surface area contributed by atoms with E-state index >= 15 is 0 Å². The van der Waals surface area contributed by atoms with E-state index < -0.39 is 12.0 Å². The molecule has 0 saturated carbocycles. The molecule has 0 amide bonds. The molecule has 0 bridgehead atoms. The Kier molecular flexibility index (Phi) is 4.10. The molecule has 1 aromatic carbocycles. The van der Waals surface area contributed by atoms with Gasteiger partial charge in [-0.05, 0) is 31.5 Å². The van der Waals surface area contributed by atoms with Crippen molar-refractivity contribution in [3.8, 4) is 0 Å². The van der Waals surface area contributed by atoms with E-state index in [2.05, 4.69) is 5.32 Å². The second-order valence-corrected chi connectivity index (χ2v) is 4.43. The van der Waals surface area contributed by atoms with Crippen LogP contribution in [-0.4, -0.2) is 30.2 Å². The standard InChI is InChI=1S/C13H18FNO2/c14-13(6-8-15-9-7-13)12(16)17-10-11-4-2-1-3-5-11/h1-5,12,15-16H,6-10H2. The lowest BCUT2D eigenvalue weighted by Gasteiger charge is -2.33. The van der Waals surface area contributed by atoms with Gasteiger partial charge in [-0.25, -0.2) is 4.39 Å². The van der Waals surface area contributed by atoms with E-state index in [1.165, 1.54) is 0 Å². The minimum absolute atomic E-state index is 0.237. The van der Waals surface area contributed by atoms with Gasteiger partial charge < -0.3 is 15.2 Å². The average molecular weight is 239 g/mol. The SMILES string of the molecule is OC(OCc1ccccc1)C1(F)CCNCC1. The Bertz CT molecular complexity index is 339. The van der Waals surface area contributed by atoms with Crippen LogP contribution < -0.4 is 5.32 Å². The van der Waals surface area contributed by atoms with Gasteiger partial charge in [-0.1, -0.05) is 30.3 Å². The van der Waals surface area contributed by atoms with Crippen molar-refractivity contribution in [2.24, 2.45) is 0 Å². The summed E-state index contributed by atoms with van der Waals surface area (Å²) in [5.74, 6) is 0. The van der Waals surface area contributed by atoms with Crippen LogP contribution >= 0.6 is 0 Å². The molecule has 0 spiro atoms. The zero-order chi connectivity index (χ0) is 12.1. The number of piperidine rings is 1. The van der Waals surface area contributed by atoms with Crippen molar-refractivity contribution in [2.75, 3.05) is 13.1 Å². The lowest BCUT2D eigenvalue weighted by Crippen LogP contribution is -2.47. The van der Waals surface area contributed by atoms with Crippen LogP contribution in [0.2, 0.25) is 0 Å². The molecule has 0 radical (unpaired) electrons. The smallest absolute Gasteiger partial charge is 0.189 e. The first kappa shape index (κ1) is 12.5. The first-order chi connectivity index (χ1) is 8.21. The third-order valence-corrected chi connectivity index (χ3v) is 3.13. The first-order valence-corrected chi connectivity index (χ1v) is 5.94. The molecule has 1 unspecified atom stereocenters. The van der Waals surface area contributed by atoms with Gasteiger partial charge in [-0.2, -0.15) is 0 Å². The minimum atomic E-state index is -1.61. The molecular weight excluding hydrogens is 221 g/mol. The van der Waals surface area contributed by atoms with Crippen LogP contribution in [0, 0.1) is 0 Å². The zero-order valence-corrected chi connectivity index (χ0v) is 9.73. The maximum atomic E-state index is 14.3. The number of aliphatic hydroxyl groups excluding tert-OH is 1. The molecule has 1 aliphatic rings. The van der Waals surface area contributed by atoms with Crippen molar-refractivity contribution in [3.05, 3.63) is 35.9 Å². The van der Waals surface area contributed by atoms with E-state index in [1.54, 1.807) is 0 Å². The Morgan fingerprint density at radius 2 is 1.94 bits per heavy atom. The topological polar surface area (TPSA) is 41.5 Å². The molecule has 2 rings (SSSR count). The number of halogens is 1. The molecule has 1 fully saturated rings. The second kappa shape index (κ2) is 5.58. The predicted octanol–water partition coefficient (Wildman–Crippen LogP) is 1.61. The van der Waals surface area contributed by atoms with Crippen molar-refractivity contribution < 1.29 is 14.2 Å². The van der Waals surface area contributed by atoms with Gasteiger partial charge in [0.15, 0.2) is 12.0 Å². The Morgan fingerprint density at radius 3 is 2.59 bits per heavy atom. The van der Waals surface area contributed by atoms with Gasteiger partial charge in [0.05, 0.1) is 6.61 Å². The van der Waals surface area contributed by atoms with E-state index in [0.717, 1.165) is 5.56 Å². The molecule has 0 aliphatic carbocycles. The second-order valence-electron chi connectivity index (χ2n) is 4.43. The Labute approximate surface area is 101 Å². The highest BCUT2D eigenvalue weighted by Gasteiger charge is 2.40. The van der Waals surface area contributed by atoms with Crippen molar-refractivity contribution in [1.82, 2.24) is 5.32 Å². The van der Waals surface area contributed by atoms with Crippen LogP contribution in [0.5, 0.6) is 0 Å². The number of benzene rings is 1. The number of alkyl halides is 1. The summed E-state index contributed by atoms with van der Waals surface area (Å²) in [5.41, 5.74) is -0.677. The molecule has 94 valence electrons. The maximum Gasteiger partial charge on any atom is 0.189 e. The number of hydrogen-bond donors (Lipinski definition) is 2. The van der Waals surface area contributed by atoms with Crippen LogP contribution in [0.25, 0.3) is 0 Å². The van der Waals surface area contributed by atoms with Crippen LogP contribution in [0.4, 0.5) is 4.39 Å². The monoisotopic (exact) mass is 239 g/mol. The summed E-state index contributed by atoms with van der Waals surface area (Å²) in [6.07, 6.45) is -0.754. The Morgan fingerprint density at radius 1 is 1.29 bits per heavy atom. The quantitative estimate of drug-likeness (QED) is 0.784. The largest absolute Gasteiger partial charge is 0.365 e. The summed E-state index contributed by atoms with van der Waals surface area (Å²) in [7, 11) is 0. The van der Waals surface area contributed by atoms with Gasteiger partial charge >= 0.3 is 0 Å². The highest BCUT2D eigenvalue weighted by atomic mass is 19.1. The molecular formula is C13H18FNO2. The number of nitrogens with one attached hydrogen (secondary N) is 1. The Balaban J connectivity index is 1.86. The Hall–Kier alpha value is -0.970. The van der Waals surface area contributed by atoms with Crippen LogP contribution in [0.1, 0.15) is 18.4 Å². The van der Waals surface area contributed by atoms with Crippen molar-refractivity contribution in [2.45, 2.75) is 31.4 Å². The van der Waals surface area contributed by atoms with Gasteiger partial charge in [0.1, 0.15) is 0 Å². The molecule has 1 aromatic rings. The predicted molar refractivity (Wildman–Crippen MR) is 63.2 cm³/mol. The van der Waals surface area contributed by atoms with Gasteiger partial charge in [0.2, 0.25) is 0 Å². The third-order valence-electron chi connectivity index (χ3n) is 3.13. The van der Waals surface area contributed by atoms with E-state index in [4.69, 9.17) is 4.74 Å². The molecule has 1 atom stereocenters. The minimum Gasteiger partial charge on any atom is -0.365 e. The van der Waals surface area contributed by atoms with Gasteiger partial charge in [0, 0.05) is 0 Å². The lowest BCUT2D eigenvalue weighted by atomic mass is 9.94. The molecule has 1 aliphatic heterocycles. The number of hydrogen-bond acceptors (Lipinski definition) is 3. The highest BCUT2D eigenvalue weighted by Crippen LogP contribution is 2.28. The fourth-order valence-corrected chi connectivity index (χ4v) is 1.99. The maximum absolute atomic E-state index is 14.3. The fourth-order valence-electron chi connectivity index (χ4n) is 1.99. The summed E-state index contributed by atoms with van der Waals surface area (Å²) in [4.78, 5) is 0. The van der Waals surface area contributed by atoms with Crippen molar-refractivity contribution >= 4 is 0 Å². The molecule has 0 aromatic heterocycles. The third kappa shape index (κ3) is 3.25. The zero-order valence-electron chi connectivity index (χ0n) is 9.73. The molecule has 1 heterocycles. The molecule has 3 nitrogen and oxygen atoms in total. The summed E-state index contributed by atoms with van der Waals surface area (Å²) >= 11 is 0. The highest BCUT2D eigenvalue weighted by molar-refractivity contribution is 5.13. The fraction of sp³-hybridized carbons (Fsp3) is 0.538. The summed E-state index contributed by atoms with van der Waals surface area (Å²) in [5, 5.41) is 12.8. The summed E-state index contributed by atoms with van der Waals surface area (Å²) in [6.45, 7) is 1.41. The number of rotatable bonds is 4. The molecule has 17 heavy (non-hydrogen) atoms. The van der Waals surface area contributed by atoms with Crippen molar-refractivity contribution in [3.63, 3.8) is 0 Å². The molecule has 1 saturated heterocycles. The first-order valence-electron chi connectivity index (χ1n) is 5.94. The van der Waals surface area contributed by atoms with E-state index in [9.17, 15) is 9.50 Å². The van der Waals surface area contributed by atoms with Crippen LogP contribution in [-0.2, 0) is 11.3 Å². The normalized spacial score (nSPS) is 21.1. The summed E-state index contributed by atoms with van der Waals surface area (Å²) < 4.78 is 19.5. The lowest BCUT2D eigenvalue weighted by molar-refractivity contribution is -0.197. The van der Waals surface area contributed by atoms with E-state index in [0.29, 0.717) is 25.9 Å². The molecule has 2 N–H and O–H groups in total. The van der Waals surface area contributed by atoms with Gasteiger partial charge in [-0.15, -0.1) is 0 Å². The van der Waals surface area contributed by atoms with Gasteiger partial charge in [0.25, 0.3) is 0 Å². The average Bonchev–Trinajstić information content (AvgIpc) is 2.38. The van der Waals surface area contributed by atoms with Crippen molar-refractivity contribution in [1.29, 1.82) is 0 Å². The number of aliphatic hydroxyl groups is 1. The summed E-state index contributed by atoms with van der Waals surface area (Å²) in [6, 6.07) is 9.46. The van der Waals surface area contributed by atoms with Gasteiger partial charge in [-0.3, -0.25) is 0 Å². The van der Waals surface area contributed by atoms with E-state index in [-0.39, 0.29) is 6.61 Å². The number of ether oxygens (including phenoxy) is 1. The van der Waals surface area contributed by atoms with Crippen LogP contribution in [0.3, 0.4) is 0 Å². The molecule has 4 heteroatoms.